The van der Waals surface area contributed by atoms with Gasteiger partial charge in [0.25, 0.3) is 0 Å². The summed E-state index contributed by atoms with van der Waals surface area (Å²) in [5, 5.41) is 3.53. The normalized spacial score (nSPS) is 20.2. The smallest absolute Gasteiger partial charge is 0.238 e. The molecule has 0 aromatic heterocycles. The van der Waals surface area contributed by atoms with E-state index in [2.05, 4.69) is 15.1 Å². The lowest BCUT2D eigenvalue weighted by Gasteiger charge is -2.28. The van der Waals surface area contributed by atoms with Crippen molar-refractivity contribution in [2.24, 2.45) is 5.92 Å². The first-order valence-electron chi connectivity index (χ1n) is 10.2. The highest BCUT2D eigenvalue weighted by atomic mass is 35.5. The Morgan fingerprint density at radius 3 is 2.63 bits per heavy atom. The number of hydrogen-bond acceptors (Lipinski definition) is 4. The topological polar surface area (TPSA) is 44.8 Å². The van der Waals surface area contributed by atoms with Crippen LogP contribution in [0, 0.1) is 5.92 Å². The lowest BCUT2D eigenvalue weighted by atomic mass is 9.89. The molecule has 1 heterocycles. The lowest BCUT2D eigenvalue weighted by molar-refractivity contribution is -0.117. The number of ether oxygens (including phenoxy) is 1. The van der Waals surface area contributed by atoms with Crippen LogP contribution >= 0.6 is 11.6 Å². The van der Waals surface area contributed by atoms with Crippen molar-refractivity contribution < 1.29 is 9.53 Å². The van der Waals surface area contributed by atoms with E-state index in [9.17, 15) is 4.79 Å². The van der Waals surface area contributed by atoms with Crippen LogP contribution in [0.15, 0.2) is 18.2 Å². The van der Waals surface area contributed by atoms with Crippen LogP contribution in [0.1, 0.15) is 38.5 Å². The third-order valence-electron chi connectivity index (χ3n) is 5.73. The van der Waals surface area contributed by atoms with Crippen molar-refractivity contribution in [1.82, 2.24) is 9.80 Å². The van der Waals surface area contributed by atoms with Gasteiger partial charge in [0.1, 0.15) is 5.75 Å². The van der Waals surface area contributed by atoms with Gasteiger partial charge in [-0.1, -0.05) is 30.9 Å². The highest BCUT2D eigenvalue weighted by molar-refractivity contribution is 6.31. The first kappa shape index (κ1) is 20.4. The highest BCUT2D eigenvalue weighted by Gasteiger charge is 2.21. The number of halogens is 1. The Balaban J connectivity index is 1.46. The van der Waals surface area contributed by atoms with Crippen molar-refractivity contribution in [3.05, 3.63) is 23.2 Å². The summed E-state index contributed by atoms with van der Waals surface area (Å²) in [7, 11) is 1.59. The van der Waals surface area contributed by atoms with Gasteiger partial charge in [-0.2, -0.15) is 0 Å². The molecule has 27 heavy (non-hydrogen) atoms. The van der Waals surface area contributed by atoms with Crippen LogP contribution in [0.4, 0.5) is 5.69 Å². The molecule has 1 aromatic rings. The molecular weight excluding hydrogens is 362 g/mol. The fourth-order valence-corrected chi connectivity index (χ4v) is 4.44. The molecule has 1 aliphatic heterocycles. The Morgan fingerprint density at radius 2 is 1.85 bits per heavy atom. The molecule has 1 amide bonds. The van der Waals surface area contributed by atoms with Gasteiger partial charge in [0.05, 0.1) is 19.3 Å². The van der Waals surface area contributed by atoms with E-state index in [1.54, 1.807) is 25.3 Å². The van der Waals surface area contributed by atoms with Gasteiger partial charge in [-0.15, -0.1) is 0 Å². The van der Waals surface area contributed by atoms with Crippen LogP contribution < -0.4 is 10.1 Å². The summed E-state index contributed by atoms with van der Waals surface area (Å²) in [6, 6.07) is 5.26. The second-order valence-corrected chi connectivity index (χ2v) is 8.26. The van der Waals surface area contributed by atoms with E-state index < -0.39 is 0 Å². The second-order valence-electron chi connectivity index (χ2n) is 7.83. The number of nitrogens with zero attached hydrogens (tertiary/aromatic N) is 2. The number of carbonyl (C=O) groups is 1. The number of rotatable bonds is 6. The molecule has 1 N–H and O–H groups in total. The van der Waals surface area contributed by atoms with Crippen molar-refractivity contribution in [2.75, 3.05) is 51.7 Å². The van der Waals surface area contributed by atoms with Crippen LogP contribution in [0.2, 0.25) is 5.02 Å². The predicted octanol–water partition coefficient (Wildman–Crippen LogP) is 3.88. The van der Waals surface area contributed by atoms with E-state index in [0.717, 1.165) is 38.5 Å². The zero-order chi connectivity index (χ0) is 19.1. The lowest BCUT2D eigenvalue weighted by Crippen LogP contribution is -2.37. The van der Waals surface area contributed by atoms with E-state index in [1.807, 2.05) is 0 Å². The standard InChI is InChI=1S/C21H32ClN3O2/c1-27-20-9-8-18(22)14-19(20)23-21(26)16-25-11-5-10-24(12-13-25)15-17-6-3-2-4-7-17/h8-9,14,17H,2-7,10-13,15-16H2,1H3,(H,23,26). The molecule has 0 spiro atoms. The van der Waals surface area contributed by atoms with Crippen LogP contribution in [-0.4, -0.2) is 62.1 Å². The van der Waals surface area contributed by atoms with Gasteiger partial charge >= 0.3 is 0 Å². The molecule has 5 nitrogen and oxygen atoms in total. The number of anilines is 1. The van der Waals surface area contributed by atoms with Crippen molar-refractivity contribution in [3.63, 3.8) is 0 Å². The first-order valence-corrected chi connectivity index (χ1v) is 10.6. The number of nitrogens with one attached hydrogen (secondary N) is 1. The van der Waals surface area contributed by atoms with Crippen LogP contribution in [0.5, 0.6) is 5.75 Å². The molecule has 150 valence electrons. The minimum atomic E-state index is -0.0173. The van der Waals surface area contributed by atoms with Crippen LogP contribution in [0.25, 0.3) is 0 Å². The maximum atomic E-state index is 12.5. The minimum Gasteiger partial charge on any atom is -0.495 e. The van der Waals surface area contributed by atoms with E-state index in [1.165, 1.54) is 38.6 Å². The van der Waals surface area contributed by atoms with Crippen LogP contribution in [0.3, 0.4) is 0 Å². The molecule has 1 saturated carbocycles. The van der Waals surface area contributed by atoms with Gasteiger partial charge in [0.15, 0.2) is 0 Å². The Kier molecular flexibility index (Phi) is 7.80. The molecule has 0 bridgehead atoms. The summed E-state index contributed by atoms with van der Waals surface area (Å²) in [6.45, 7) is 5.78. The third-order valence-corrected chi connectivity index (χ3v) is 5.96. The Hall–Kier alpha value is -1.30. The number of amides is 1. The number of benzene rings is 1. The minimum absolute atomic E-state index is 0.0173. The third kappa shape index (κ3) is 6.37. The molecule has 0 atom stereocenters. The largest absolute Gasteiger partial charge is 0.495 e. The Morgan fingerprint density at radius 1 is 1.11 bits per heavy atom. The summed E-state index contributed by atoms with van der Waals surface area (Å²) in [6.07, 6.45) is 8.13. The Bertz CT molecular complexity index is 619. The molecule has 2 fully saturated rings. The Labute approximate surface area is 168 Å². The summed E-state index contributed by atoms with van der Waals surface area (Å²) in [5.74, 6) is 1.49. The maximum absolute atomic E-state index is 12.5. The quantitative estimate of drug-likeness (QED) is 0.796. The summed E-state index contributed by atoms with van der Waals surface area (Å²) >= 11 is 6.04. The molecule has 1 aromatic carbocycles. The van der Waals surface area contributed by atoms with Crippen molar-refractivity contribution in [1.29, 1.82) is 0 Å². The number of hydrogen-bond donors (Lipinski definition) is 1. The summed E-state index contributed by atoms with van der Waals surface area (Å²) in [5.41, 5.74) is 0.628. The molecule has 0 unspecified atom stereocenters. The molecule has 3 rings (SSSR count). The molecule has 0 radical (unpaired) electrons. The molecule has 6 heteroatoms. The monoisotopic (exact) mass is 393 g/mol. The zero-order valence-corrected chi connectivity index (χ0v) is 17.1. The van der Waals surface area contributed by atoms with Crippen molar-refractivity contribution in [3.8, 4) is 5.75 Å². The van der Waals surface area contributed by atoms with Gasteiger partial charge < -0.3 is 15.0 Å². The summed E-state index contributed by atoms with van der Waals surface area (Å²) < 4.78 is 5.30. The van der Waals surface area contributed by atoms with Gasteiger partial charge in [-0.05, 0) is 56.5 Å². The molecular formula is C21H32ClN3O2. The molecule has 1 aliphatic carbocycles. The van der Waals surface area contributed by atoms with Gasteiger partial charge in [0, 0.05) is 24.7 Å². The average molecular weight is 394 g/mol. The maximum Gasteiger partial charge on any atom is 0.238 e. The highest BCUT2D eigenvalue weighted by Crippen LogP contribution is 2.28. The fraction of sp³-hybridized carbons (Fsp3) is 0.667. The fourth-order valence-electron chi connectivity index (χ4n) is 4.27. The average Bonchev–Trinajstić information content (AvgIpc) is 2.88. The van der Waals surface area contributed by atoms with Crippen molar-refractivity contribution in [2.45, 2.75) is 38.5 Å². The summed E-state index contributed by atoms with van der Waals surface area (Å²) in [4.78, 5) is 17.4. The van der Waals surface area contributed by atoms with E-state index >= 15 is 0 Å². The van der Waals surface area contributed by atoms with Crippen LogP contribution in [-0.2, 0) is 4.79 Å². The SMILES string of the molecule is COc1ccc(Cl)cc1NC(=O)CN1CCCN(CC2CCCCC2)CC1. The molecule has 2 aliphatic rings. The number of methoxy groups -OCH3 is 1. The second kappa shape index (κ2) is 10.3. The zero-order valence-electron chi connectivity index (χ0n) is 16.4. The van der Waals surface area contributed by atoms with E-state index in [-0.39, 0.29) is 5.91 Å². The number of carbonyl (C=O) groups excluding carboxylic acids is 1. The van der Waals surface area contributed by atoms with Gasteiger partial charge in [0.2, 0.25) is 5.91 Å². The van der Waals surface area contributed by atoms with E-state index in [4.69, 9.17) is 16.3 Å². The van der Waals surface area contributed by atoms with E-state index in [0.29, 0.717) is 23.0 Å². The first-order chi connectivity index (χ1) is 13.1. The van der Waals surface area contributed by atoms with Gasteiger partial charge in [-0.25, -0.2) is 0 Å². The molecule has 1 saturated heterocycles. The van der Waals surface area contributed by atoms with Crippen molar-refractivity contribution >= 4 is 23.2 Å². The van der Waals surface area contributed by atoms with Gasteiger partial charge in [-0.3, -0.25) is 9.69 Å². The predicted molar refractivity (Wildman–Crippen MR) is 111 cm³/mol.